The second-order valence-electron chi connectivity index (χ2n) is 1.77. The summed E-state index contributed by atoms with van der Waals surface area (Å²) in [6, 6.07) is 0. The maximum atomic E-state index is 9.55. The summed E-state index contributed by atoms with van der Waals surface area (Å²) in [4.78, 5) is 11.5. The van der Waals surface area contributed by atoms with Crippen LogP contribution in [0, 0.1) is 0 Å². The second-order valence-corrected chi connectivity index (χ2v) is 1.77. The van der Waals surface area contributed by atoms with Crippen LogP contribution in [0.4, 0.5) is 0 Å². The Balaban J connectivity index is 0. The predicted molar refractivity (Wildman–Crippen MR) is 41.8 cm³/mol. The molecule has 0 heterocycles. The number of nitrogens with zero attached hydrogens (tertiary/aromatic N) is 1. The third-order valence-electron chi connectivity index (χ3n) is 0.724. The van der Waals surface area contributed by atoms with E-state index in [1.165, 1.54) is 0 Å². The third-order valence-corrected chi connectivity index (χ3v) is 0.724. The molecule has 0 aromatic rings. The second kappa shape index (κ2) is 11.0. The van der Waals surface area contributed by atoms with Crippen molar-refractivity contribution in [2.24, 2.45) is 0 Å². The Morgan fingerprint density at radius 1 is 1.50 bits per heavy atom. The largest absolute Gasteiger partial charge is 0.467 e. The molecule has 0 spiro atoms. The highest BCUT2D eigenvalue weighted by molar-refractivity contribution is 5.36. The van der Waals surface area contributed by atoms with Gasteiger partial charge in [0.05, 0.1) is 0 Å². The van der Waals surface area contributed by atoms with Gasteiger partial charge in [0, 0.05) is 6.54 Å². The van der Waals surface area contributed by atoms with Crippen LogP contribution in [0.5, 0.6) is 0 Å². The van der Waals surface area contributed by atoms with E-state index in [0.717, 1.165) is 6.54 Å². The fourth-order valence-corrected chi connectivity index (χ4v) is 0.283. The molecule has 0 atom stereocenters. The number of rotatable bonds is 4. The molecule has 0 aromatic carbocycles. The van der Waals surface area contributed by atoms with Crippen LogP contribution in [0.2, 0.25) is 0 Å². The van der Waals surface area contributed by atoms with Crippen molar-refractivity contribution in [1.29, 1.82) is 0 Å². The van der Waals surface area contributed by atoms with Crippen molar-refractivity contribution in [2.45, 2.75) is 0 Å². The number of hydrogen-bond donors (Lipinski definition) is 0. The molecule has 0 saturated carbocycles. The van der Waals surface area contributed by atoms with Gasteiger partial charge in [-0.2, -0.15) is 0 Å². The summed E-state index contributed by atoms with van der Waals surface area (Å²) in [6.45, 7) is 7.73. The van der Waals surface area contributed by atoms with Gasteiger partial charge in [-0.05, 0) is 14.1 Å². The van der Waals surface area contributed by atoms with E-state index < -0.39 is 0 Å². The third kappa shape index (κ3) is 15.7. The van der Waals surface area contributed by atoms with Gasteiger partial charge < -0.3 is 9.64 Å². The van der Waals surface area contributed by atoms with Crippen molar-refractivity contribution in [3.8, 4) is 0 Å². The van der Waals surface area contributed by atoms with Crippen molar-refractivity contribution < 1.29 is 9.53 Å². The Morgan fingerprint density at radius 3 is 2.30 bits per heavy atom. The summed E-state index contributed by atoms with van der Waals surface area (Å²) < 4.78 is 4.42. The highest BCUT2D eigenvalue weighted by atomic mass is 16.5. The standard InChI is InChI=1S/C5H11NO2.C2H4/c1-6(2)3-4-8-5-7;1-2/h5H,3-4H2,1-2H3;1-2H2. The Kier molecular flexibility index (Phi) is 13.1. The smallest absolute Gasteiger partial charge is 0.293 e. The molecule has 0 aliphatic rings. The van der Waals surface area contributed by atoms with Gasteiger partial charge in [0.15, 0.2) is 0 Å². The highest BCUT2D eigenvalue weighted by Crippen LogP contribution is 1.72. The SMILES string of the molecule is C=C.CN(C)CCOC=O. The van der Waals surface area contributed by atoms with E-state index in [0.29, 0.717) is 13.1 Å². The molecule has 0 rings (SSSR count). The van der Waals surface area contributed by atoms with Crippen LogP contribution >= 0.6 is 0 Å². The molecule has 3 heteroatoms. The van der Waals surface area contributed by atoms with Gasteiger partial charge in [-0.25, -0.2) is 0 Å². The summed E-state index contributed by atoms with van der Waals surface area (Å²) in [7, 11) is 3.85. The first kappa shape index (κ1) is 11.9. The molecule has 0 N–H and O–H groups in total. The molecule has 0 aliphatic carbocycles. The Morgan fingerprint density at radius 2 is 2.00 bits per heavy atom. The minimum Gasteiger partial charge on any atom is -0.467 e. The van der Waals surface area contributed by atoms with Gasteiger partial charge in [-0.1, -0.05) is 0 Å². The zero-order chi connectivity index (χ0) is 8.41. The lowest BCUT2D eigenvalue weighted by Crippen LogP contribution is -2.17. The Bertz CT molecular complexity index is 74.0. The highest BCUT2D eigenvalue weighted by Gasteiger charge is 1.86. The lowest BCUT2D eigenvalue weighted by atomic mass is 10.6. The van der Waals surface area contributed by atoms with Crippen LogP contribution in [0.15, 0.2) is 13.2 Å². The van der Waals surface area contributed by atoms with Crippen molar-refractivity contribution in [2.75, 3.05) is 27.2 Å². The molecular weight excluding hydrogens is 130 g/mol. The van der Waals surface area contributed by atoms with Crippen molar-refractivity contribution in [3.05, 3.63) is 13.2 Å². The zero-order valence-corrected chi connectivity index (χ0v) is 6.67. The maximum absolute atomic E-state index is 9.55. The number of hydrogen-bond acceptors (Lipinski definition) is 3. The summed E-state index contributed by atoms with van der Waals surface area (Å²) in [5.74, 6) is 0. The normalized spacial score (nSPS) is 7.90. The van der Waals surface area contributed by atoms with Gasteiger partial charge in [0.2, 0.25) is 0 Å². The van der Waals surface area contributed by atoms with E-state index in [1.54, 1.807) is 0 Å². The molecule has 0 aromatic heterocycles. The minimum atomic E-state index is 0.462. The van der Waals surface area contributed by atoms with Crippen LogP contribution in [-0.4, -0.2) is 38.6 Å². The first-order valence-corrected chi connectivity index (χ1v) is 2.97. The quantitative estimate of drug-likeness (QED) is 0.328. The van der Waals surface area contributed by atoms with Gasteiger partial charge in [0.1, 0.15) is 6.61 Å². The van der Waals surface area contributed by atoms with E-state index in [2.05, 4.69) is 17.9 Å². The summed E-state index contributed by atoms with van der Waals surface area (Å²) in [5, 5.41) is 0. The first-order chi connectivity index (χ1) is 4.77. The van der Waals surface area contributed by atoms with Gasteiger partial charge in [-0.15, -0.1) is 13.2 Å². The molecule has 0 fully saturated rings. The van der Waals surface area contributed by atoms with E-state index in [-0.39, 0.29) is 0 Å². The molecule has 10 heavy (non-hydrogen) atoms. The minimum absolute atomic E-state index is 0.462. The number of carbonyl (C=O) groups is 1. The number of likely N-dealkylation sites (N-methyl/N-ethyl adjacent to an activating group) is 1. The van der Waals surface area contributed by atoms with Crippen molar-refractivity contribution >= 4 is 6.47 Å². The Labute approximate surface area is 62.3 Å². The monoisotopic (exact) mass is 145 g/mol. The summed E-state index contributed by atoms with van der Waals surface area (Å²) in [5.41, 5.74) is 0. The average Bonchev–Trinajstić information content (AvgIpc) is 1.92. The van der Waals surface area contributed by atoms with Crippen LogP contribution in [0.1, 0.15) is 0 Å². The molecule has 0 unspecified atom stereocenters. The van der Waals surface area contributed by atoms with Crippen LogP contribution in [0.3, 0.4) is 0 Å². The number of carbonyl (C=O) groups excluding carboxylic acids is 1. The van der Waals surface area contributed by atoms with Gasteiger partial charge in [-0.3, -0.25) is 4.79 Å². The number of ether oxygens (including phenoxy) is 1. The lowest BCUT2D eigenvalue weighted by molar-refractivity contribution is -0.128. The predicted octanol–water partition coefficient (Wildman–Crippen LogP) is 0.523. The van der Waals surface area contributed by atoms with E-state index in [9.17, 15) is 4.79 Å². The fraction of sp³-hybridized carbons (Fsp3) is 0.571. The average molecular weight is 145 g/mol. The molecule has 0 aliphatic heterocycles. The maximum Gasteiger partial charge on any atom is 0.293 e. The van der Waals surface area contributed by atoms with Crippen molar-refractivity contribution in [1.82, 2.24) is 4.90 Å². The molecular formula is C7H15NO2. The van der Waals surface area contributed by atoms with E-state index in [1.807, 2.05) is 19.0 Å². The van der Waals surface area contributed by atoms with E-state index in [4.69, 9.17) is 0 Å². The van der Waals surface area contributed by atoms with Gasteiger partial charge in [0.25, 0.3) is 6.47 Å². The van der Waals surface area contributed by atoms with Crippen LogP contribution in [-0.2, 0) is 9.53 Å². The van der Waals surface area contributed by atoms with E-state index >= 15 is 0 Å². The van der Waals surface area contributed by atoms with Gasteiger partial charge >= 0.3 is 0 Å². The van der Waals surface area contributed by atoms with Crippen LogP contribution in [0.25, 0.3) is 0 Å². The summed E-state index contributed by atoms with van der Waals surface area (Å²) in [6.07, 6.45) is 0. The molecule has 0 bridgehead atoms. The molecule has 60 valence electrons. The first-order valence-electron chi connectivity index (χ1n) is 2.97. The molecule has 0 radical (unpaired) electrons. The fourth-order valence-electron chi connectivity index (χ4n) is 0.283. The van der Waals surface area contributed by atoms with Crippen molar-refractivity contribution in [3.63, 3.8) is 0 Å². The lowest BCUT2D eigenvalue weighted by Gasteiger charge is -2.06. The zero-order valence-electron chi connectivity index (χ0n) is 6.67. The molecule has 0 amide bonds. The molecule has 3 nitrogen and oxygen atoms in total. The van der Waals surface area contributed by atoms with Crippen LogP contribution < -0.4 is 0 Å². The summed E-state index contributed by atoms with van der Waals surface area (Å²) >= 11 is 0. The molecule has 0 saturated heterocycles. The topological polar surface area (TPSA) is 29.5 Å². The Hall–Kier alpha value is -0.830.